The number of nitrogens with zero attached hydrogens (tertiary/aromatic N) is 1. The number of amides is 5. The number of carboxylic acid groups (broad SMARTS) is 3. The molecule has 1 rings (SSSR count). The summed E-state index contributed by atoms with van der Waals surface area (Å²) < 4.78 is 0. The van der Waals surface area contributed by atoms with E-state index in [9.17, 15) is 43.5 Å². The van der Waals surface area contributed by atoms with Gasteiger partial charge in [0.1, 0.15) is 24.2 Å². The van der Waals surface area contributed by atoms with Crippen molar-refractivity contribution in [3.05, 3.63) is 0 Å². The number of hydrogen-bond donors (Lipinski definition) is 8. The molecule has 1 aliphatic rings. The third kappa shape index (κ3) is 10.5. The highest BCUT2D eigenvalue weighted by molar-refractivity contribution is 5.97. The first-order valence-electron chi connectivity index (χ1n) is 12.5. The number of primary amides is 1. The number of hydrogen-bond acceptors (Lipinski definition) is 9. The molecule has 0 bridgehead atoms. The Morgan fingerprint density at radius 3 is 1.98 bits per heavy atom. The van der Waals surface area contributed by atoms with Gasteiger partial charge in [0.15, 0.2) is 0 Å². The van der Waals surface area contributed by atoms with Gasteiger partial charge in [-0.15, -0.1) is 0 Å². The summed E-state index contributed by atoms with van der Waals surface area (Å²) >= 11 is 0. The van der Waals surface area contributed by atoms with E-state index in [2.05, 4.69) is 16.0 Å². The third-order valence-electron chi connectivity index (χ3n) is 6.10. The van der Waals surface area contributed by atoms with Crippen LogP contribution in [0.15, 0.2) is 0 Å². The Kier molecular flexibility index (Phi) is 12.9. The van der Waals surface area contributed by atoms with E-state index in [1.165, 1.54) is 0 Å². The molecular weight excluding hydrogens is 536 g/mol. The lowest BCUT2D eigenvalue weighted by Gasteiger charge is -2.30. The molecule has 17 nitrogen and oxygen atoms in total. The standard InChI is InChI=1S/C23H36N6O11/c1-10(2)18(23(39)40)28-21(37)14-4-3-7-29(14)22(38)13(9-15(25)30)27-20(36)12(5-6-16(31)32)26-19(35)11(24)8-17(33)34/h10-14,18H,3-9,24H2,1-2H3,(H2,25,30)(H,26,35)(H,27,36)(H,28,37)(H,31,32)(H,33,34)(H,39,40)/t11-,12-,13-,14-,18-/m0/s1. The van der Waals surface area contributed by atoms with E-state index in [4.69, 9.17) is 21.7 Å². The number of likely N-dealkylation sites (tertiary alicyclic amines) is 1. The smallest absolute Gasteiger partial charge is 0.326 e. The van der Waals surface area contributed by atoms with E-state index in [0.29, 0.717) is 6.42 Å². The SMILES string of the molecule is CC(C)[C@H](NC(=O)[C@@H]1CCCN1C(=O)[C@H](CC(N)=O)NC(=O)[C@H](CCC(=O)O)NC(=O)[C@@H](N)CC(=O)O)C(=O)O. The van der Waals surface area contributed by atoms with Gasteiger partial charge in [0.25, 0.3) is 0 Å². The fourth-order valence-electron chi connectivity index (χ4n) is 4.04. The lowest BCUT2D eigenvalue weighted by Crippen LogP contribution is -2.59. The van der Waals surface area contributed by atoms with Crippen LogP contribution >= 0.6 is 0 Å². The van der Waals surface area contributed by atoms with Crippen molar-refractivity contribution >= 4 is 47.4 Å². The second-order valence-electron chi connectivity index (χ2n) is 9.69. The van der Waals surface area contributed by atoms with Gasteiger partial charge in [-0.3, -0.25) is 33.6 Å². The Morgan fingerprint density at radius 2 is 1.48 bits per heavy atom. The summed E-state index contributed by atoms with van der Waals surface area (Å²) in [6.45, 7) is 3.22. The van der Waals surface area contributed by atoms with Crippen molar-refractivity contribution in [1.82, 2.24) is 20.9 Å². The summed E-state index contributed by atoms with van der Waals surface area (Å²) in [5, 5.41) is 34.0. The molecule has 0 aromatic heterocycles. The molecule has 0 aliphatic carbocycles. The van der Waals surface area contributed by atoms with E-state index in [1.54, 1.807) is 13.8 Å². The first-order valence-corrected chi connectivity index (χ1v) is 12.5. The lowest BCUT2D eigenvalue weighted by molar-refractivity contribution is -0.146. The molecule has 0 aromatic rings. The summed E-state index contributed by atoms with van der Waals surface area (Å²) in [6, 6.07) is -7.08. The maximum atomic E-state index is 13.4. The summed E-state index contributed by atoms with van der Waals surface area (Å²) in [5.74, 6) is -9.22. The van der Waals surface area contributed by atoms with Gasteiger partial charge in [0.2, 0.25) is 29.5 Å². The molecule has 5 atom stereocenters. The monoisotopic (exact) mass is 572 g/mol. The average molecular weight is 573 g/mol. The zero-order valence-electron chi connectivity index (χ0n) is 22.1. The van der Waals surface area contributed by atoms with Crippen LogP contribution in [0.1, 0.15) is 52.4 Å². The van der Waals surface area contributed by atoms with Crippen LogP contribution in [0.3, 0.4) is 0 Å². The Labute approximate surface area is 229 Å². The van der Waals surface area contributed by atoms with Gasteiger partial charge < -0.3 is 47.6 Å². The normalized spacial score (nSPS) is 17.7. The highest BCUT2D eigenvalue weighted by Gasteiger charge is 2.40. The van der Waals surface area contributed by atoms with E-state index < -0.39 is 109 Å². The molecule has 0 radical (unpaired) electrons. The number of carboxylic acids is 3. The number of carbonyl (C=O) groups is 8. The summed E-state index contributed by atoms with van der Waals surface area (Å²) in [4.78, 5) is 97.7. The van der Waals surface area contributed by atoms with Crippen LogP contribution in [-0.2, 0) is 38.4 Å². The molecule has 1 heterocycles. The predicted octanol–water partition coefficient (Wildman–Crippen LogP) is -3.29. The number of nitrogens with two attached hydrogens (primary N) is 2. The quantitative estimate of drug-likeness (QED) is 0.0903. The predicted molar refractivity (Wildman–Crippen MR) is 134 cm³/mol. The maximum absolute atomic E-state index is 13.4. The fourth-order valence-corrected chi connectivity index (χ4v) is 4.04. The molecule has 0 unspecified atom stereocenters. The minimum atomic E-state index is -1.62. The molecular formula is C23H36N6O11. The van der Waals surface area contributed by atoms with Crippen molar-refractivity contribution in [2.45, 2.75) is 82.6 Å². The molecule has 10 N–H and O–H groups in total. The van der Waals surface area contributed by atoms with Crippen molar-refractivity contribution < 1.29 is 53.7 Å². The maximum Gasteiger partial charge on any atom is 0.326 e. The van der Waals surface area contributed by atoms with Crippen LogP contribution in [0.25, 0.3) is 0 Å². The molecule has 40 heavy (non-hydrogen) atoms. The molecule has 0 saturated carbocycles. The number of carbonyl (C=O) groups excluding carboxylic acids is 5. The molecule has 1 saturated heterocycles. The molecule has 1 aliphatic heterocycles. The highest BCUT2D eigenvalue weighted by atomic mass is 16.4. The number of rotatable bonds is 16. The summed E-state index contributed by atoms with van der Waals surface area (Å²) in [6.07, 6.45) is -2.02. The molecule has 0 spiro atoms. The van der Waals surface area contributed by atoms with Gasteiger partial charge in [-0.05, 0) is 25.2 Å². The van der Waals surface area contributed by atoms with Crippen molar-refractivity contribution in [2.24, 2.45) is 17.4 Å². The summed E-state index contributed by atoms with van der Waals surface area (Å²) in [7, 11) is 0. The third-order valence-corrected chi connectivity index (χ3v) is 6.10. The average Bonchev–Trinajstić information content (AvgIpc) is 3.32. The zero-order valence-corrected chi connectivity index (χ0v) is 22.1. The van der Waals surface area contributed by atoms with Crippen molar-refractivity contribution in [3.8, 4) is 0 Å². The van der Waals surface area contributed by atoms with Gasteiger partial charge in [0, 0.05) is 13.0 Å². The minimum absolute atomic E-state index is 0.0463. The van der Waals surface area contributed by atoms with Gasteiger partial charge in [-0.1, -0.05) is 13.8 Å². The topological polar surface area (TPSA) is 289 Å². The number of aliphatic carboxylic acids is 3. The number of nitrogens with one attached hydrogen (secondary N) is 3. The molecule has 5 amide bonds. The molecule has 0 aromatic carbocycles. The lowest BCUT2D eigenvalue weighted by atomic mass is 10.0. The van der Waals surface area contributed by atoms with Crippen molar-refractivity contribution in [2.75, 3.05) is 6.54 Å². The minimum Gasteiger partial charge on any atom is -0.481 e. The van der Waals surface area contributed by atoms with Crippen molar-refractivity contribution in [3.63, 3.8) is 0 Å². The van der Waals surface area contributed by atoms with Gasteiger partial charge in [0.05, 0.1) is 18.9 Å². The van der Waals surface area contributed by atoms with E-state index in [0.717, 1.165) is 4.90 Å². The second-order valence-corrected chi connectivity index (χ2v) is 9.69. The Bertz CT molecular complexity index is 1020. The van der Waals surface area contributed by atoms with Gasteiger partial charge in [-0.25, -0.2) is 4.79 Å². The molecule has 1 fully saturated rings. The van der Waals surface area contributed by atoms with E-state index in [-0.39, 0.29) is 13.0 Å². The highest BCUT2D eigenvalue weighted by Crippen LogP contribution is 2.20. The first-order chi connectivity index (χ1) is 18.5. The molecule has 17 heteroatoms. The van der Waals surface area contributed by atoms with Gasteiger partial charge in [-0.2, -0.15) is 0 Å². The Morgan fingerprint density at radius 1 is 0.875 bits per heavy atom. The van der Waals surface area contributed by atoms with Crippen LogP contribution in [0.5, 0.6) is 0 Å². The van der Waals surface area contributed by atoms with Crippen LogP contribution in [0.2, 0.25) is 0 Å². The van der Waals surface area contributed by atoms with Crippen LogP contribution < -0.4 is 27.4 Å². The van der Waals surface area contributed by atoms with Crippen LogP contribution in [0, 0.1) is 5.92 Å². The first kappa shape index (κ1) is 33.7. The fraction of sp³-hybridized carbons (Fsp3) is 0.652. The van der Waals surface area contributed by atoms with Crippen molar-refractivity contribution in [1.29, 1.82) is 0 Å². The van der Waals surface area contributed by atoms with E-state index in [1.807, 2.05) is 0 Å². The second kappa shape index (κ2) is 15.3. The molecule has 224 valence electrons. The largest absolute Gasteiger partial charge is 0.481 e. The van der Waals surface area contributed by atoms with Crippen LogP contribution in [0.4, 0.5) is 0 Å². The zero-order chi connectivity index (χ0) is 30.7. The van der Waals surface area contributed by atoms with Gasteiger partial charge >= 0.3 is 17.9 Å². The van der Waals surface area contributed by atoms with Crippen LogP contribution in [-0.4, -0.2) is 104 Å². The van der Waals surface area contributed by atoms with E-state index >= 15 is 0 Å². The Hall–Kier alpha value is -4.28. The summed E-state index contributed by atoms with van der Waals surface area (Å²) in [5.41, 5.74) is 10.7. The Balaban J connectivity index is 3.13.